The number of hydrogen-bond acceptors (Lipinski definition) is 5. The summed E-state index contributed by atoms with van der Waals surface area (Å²) in [7, 11) is 0. The number of carbonyl (C=O) groups excluding carboxylic acids is 3. The highest BCUT2D eigenvalue weighted by Crippen LogP contribution is 2.35. The lowest BCUT2D eigenvalue weighted by Crippen LogP contribution is -2.36. The van der Waals surface area contributed by atoms with Crippen LogP contribution < -0.4 is 10.1 Å². The summed E-state index contributed by atoms with van der Waals surface area (Å²) in [5, 5.41) is 4.65. The number of thioether (sulfide) groups is 1. The molecule has 4 aromatic carbocycles. The van der Waals surface area contributed by atoms with Crippen molar-refractivity contribution in [2.45, 2.75) is 20.5 Å². The third-order valence-corrected chi connectivity index (χ3v) is 8.99. The van der Waals surface area contributed by atoms with Gasteiger partial charge >= 0.3 is 0 Å². The zero-order valence-corrected chi connectivity index (χ0v) is 26.8. The molecule has 1 saturated heterocycles. The number of imide groups is 1. The van der Waals surface area contributed by atoms with Gasteiger partial charge in [-0.25, -0.2) is 0 Å². The molecule has 9 heteroatoms. The number of rotatable bonds is 7. The average Bonchev–Trinajstić information content (AvgIpc) is 3.17. The first kappa shape index (κ1) is 28.6. The number of nitrogens with zero attached hydrogens (tertiary/aromatic N) is 1. The van der Waals surface area contributed by atoms with Gasteiger partial charge < -0.3 is 10.1 Å². The molecule has 202 valence electrons. The van der Waals surface area contributed by atoms with Gasteiger partial charge in [0.1, 0.15) is 18.9 Å². The molecule has 0 unspecified atom stereocenters. The van der Waals surface area contributed by atoms with E-state index in [1.807, 2.05) is 50.2 Å². The van der Waals surface area contributed by atoms with Crippen LogP contribution in [-0.4, -0.2) is 28.5 Å². The Kier molecular flexibility index (Phi) is 8.81. The van der Waals surface area contributed by atoms with Crippen LogP contribution in [0.5, 0.6) is 5.75 Å². The Labute approximate surface area is 263 Å². The molecule has 1 fully saturated rings. The third kappa shape index (κ3) is 6.52. The average molecular weight is 774 g/mol. The molecule has 6 nitrogen and oxygen atoms in total. The molecule has 1 aliphatic rings. The van der Waals surface area contributed by atoms with Crippen LogP contribution in [0.4, 0.5) is 10.5 Å². The highest BCUT2D eigenvalue weighted by atomic mass is 127. The Balaban J connectivity index is 1.25. The predicted octanol–water partition coefficient (Wildman–Crippen LogP) is 7.92. The molecule has 0 atom stereocenters. The normalized spacial score (nSPS) is 14.3. The van der Waals surface area contributed by atoms with Crippen molar-refractivity contribution in [3.63, 3.8) is 0 Å². The monoisotopic (exact) mass is 774 g/mol. The molecule has 40 heavy (non-hydrogen) atoms. The van der Waals surface area contributed by atoms with Crippen LogP contribution in [0, 0.1) is 21.0 Å². The molecule has 0 spiro atoms. The van der Waals surface area contributed by atoms with Crippen molar-refractivity contribution in [1.29, 1.82) is 0 Å². The molecule has 1 N–H and O–H groups in total. The summed E-state index contributed by atoms with van der Waals surface area (Å²) >= 11 is 5.27. The molecule has 4 aromatic rings. The number of anilines is 1. The van der Waals surface area contributed by atoms with Crippen LogP contribution in [-0.2, 0) is 16.2 Å². The first-order valence-electron chi connectivity index (χ1n) is 12.4. The number of halogens is 2. The maximum atomic E-state index is 13.0. The number of ether oxygens (including phenoxy) is 1. The summed E-state index contributed by atoms with van der Waals surface area (Å²) in [6.45, 7) is 4.03. The zero-order chi connectivity index (χ0) is 28.4. The number of aryl methyl sites for hydroxylation is 2. The Morgan fingerprint density at radius 3 is 2.38 bits per heavy atom. The Morgan fingerprint density at radius 1 is 0.925 bits per heavy atom. The van der Waals surface area contributed by atoms with Gasteiger partial charge in [0.05, 0.1) is 12.0 Å². The molecule has 0 aliphatic carbocycles. The van der Waals surface area contributed by atoms with Crippen molar-refractivity contribution in [3.05, 3.63) is 107 Å². The lowest BCUT2D eigenvalue weighted by molar-refractivity contribution is -0.127. The van der Waals surface area contributed by atoms with Gasteiger partial charge in [0, 0.05) is 5.69 Å². The minimum Gasteiger partial charge on any atom is -0.487 e. The topological polar surface area (TPSA) is 75.7 Å². The van der Waals surface area contributed by atoms with Gasteiger partial charge in [0.25, 0.3) is 11.1 Å². The van der Waals surface area contributed by atoms with Gasteiger partial charge in [-0.1, -0.05) is 42.5 Å². The molecule has 3 amide bonds. The summed E-state index contributed by atoms with van der Waals surface area (Å²) in [4.78, 5) is 39.4. The van der Waals surface area contributed by atoms with Crippen LogP contribution >= 0.6 is 56.9 Å². The second kappa shape index (κ2) is 12.3. The van der Waals surface area contributed by atoms with Gasteiger partial charge in [-0.2, -0.15) is 0 Å². The highest BCUT2D eigenvalue weighted by molar-refractivity contribution is 14.1. The van der Waals surface area contributed by atoms with E-state index < -0.39 is 17.1 Å². The fourth-order valence-electron chi connectivity index (χ4n) is 4.24. The molecule has 1 aliphatic heterocycles. The summed E-state index contributed by atoms with van der Waals surface area (Å²) in [6, 6.07) is 23.9. The SMILES string of the molecule is Cc1ccc(NC(=O)CN2C(=O)S/C(=C/c3cc(I)c(OCc4ccc5ccccc5c4)c(I)c3)C2=O)cc1C. The second-order valence-corrected chi connectivity index (χ2v) is 12.7. The lowest BCUT2D eigenvalue weighted by Gasteiger charge is -2.13. The van der Waals surface area contributed by atoms with E-state index in [1.165, 1.54) is 10.8 Å². The van der Waals surface area contributed by atoms with Crippen LogP contribution in [0.15, 0.2) is 77.7 Å². The van der Waals surface area contributed by atoms with Crippen molar-refractivity contribution < 1.29 is 19.1 Å². The Hall–Kier alpha value is -2.90. The first-order valence-corrected chi connectivity index (χ1v) is 15.4. The van der Waals surface area contributed by atoms with E-state index in [9.17, 15) is 14.4 Å². The highest BCUT2D eigenvalue weighted by Gasteiger charge is 2.36. The Morgan fingerprint density at radius 2 is 1.65 bits per heavy atom. The number of amides is 3. The molecule has 0 aromatic heterocycles. The van der Waals surface area contributed by atoms with E-state index in [4.69, 9.17) is 4.74 Å². The molecular formula is C31H24I2N2O4S. The fraction of sp³-hybridized carbons (Fsp3) is 0.129. The summed E-state index contributed by atoms with van der Waals surface area (Å²) in [5.41, 5.74) is 4.63. The summed E-state index contributed by atoms with van der Waals surface area (Å²) < 4.78 is 7.96. The van der Waals surface area contributed by atoms with E-state index in [-0.39, 0.29) is 11.4 Å². The number of fused-ring (bicyclic) bond motifs is 1. The van der Waals surface area contributed by atoms with Crippen molar-refractivity contribution >= 4 is 96.5 Å². The standard InChI is InChI=1S/C31H24I2N2O4S/c1-18-7-10-24(11-19(18)2)34-28(36)16-35-30(37)27(40-31(35)38)15-21-13-25(32)29(26(33)14-21)39-17-20-8-9-22-5-3-4-6-23(22)12-20/h3-15H,16-17H2,1-2H3,(H,34,36)/b27-15+. The fourth-order valence-corrected chi connectivity index (χ4v) is 7.20. The van der Waals surface area contributed by atoms with Gasteiger partial charge in [0.15, 0.2) is 0 Å². The minimum atomic E-state index is -0.480. The molecule has 1 heterocycles. The van der Waals surface area contributed by atoms with Crippen molar-refractivity contribution in [2.75, 3.05) is 11.9 Å². The first-order chi connectivity index (χ1) is 19.2. The second-order valence-electron chi connectivity index (χ2n) is 9.40. The minimum absolute atomic E-state index is 0.278. The van der Waals surface area contributed by atoms with E-state index >= 15 is 0 Å². The largest absolute Gasteiger partial charge is 0.487 e. The van der Waals surface area contributed by atoms with Crippen LogP contribution in [0.1, 0.15) is 22.3 Å². The van der Waals surface area contributed by atoms with Crippen LogP contribution in [0.2, 0.25) is 0 Å². The summed E-state index contributed by atoms with van der Waals surface area (Å²) in [6.07, 6.45) is 1.68. The number of carbonyl (C=O) groups is 3. The molecule has 0 radical (unpaired) electrons. The van der Waals surface area contributed by atoms with Crippen molar-refractivity contribution in [1.82, 2.24) is 4.90 Å². The van der Waals surface area contributed by atoms with Gasteiger partial charge in [-0.05, 0) is 140 Å². The molecular weight excluding hydrogens is 750 g/mol. The number of nitrogens with one attached hydrogen (secondary N) is 1. The van der Waals surface area contributed by atoms with Gasteiger partial charge in [0.2, 0.25) is 5.91 Å². The quantitative estimate of drug-likeness (QED) is 0.153. The zero-order valence-electron chi connectivity index (χ0n) is 21.7. The third-order valence-electron chi connectivity index (χ3n) is 6.48. The maximum absolute atomic E-state index is 13.0. The van der Waals surface area contributed by atoms with E-state index in [0.717, 1.165) is 51.8 Å². The van der Waals surface area contributed by atoms with Crippen molar-refractivity contribution in [3.8, 4) is 5.75 Å². The van der Waals surface area contributed by atoms with Gasteiger partial charge in [-0.3, -0.25) is 19.3 Å². The number of hydrogen-bond donors (Lipinski definition) is 1. The van der Waals surface area contributed by atoms with Crippen molar-refractivity contribution in [2.24, 2.45) is 0 Å². The van der Waals surface area contributed by atoms with Gasteiger partial charge in [-0.15, -0.1) is 0 Å². The lowest BCUT2D eigenvalue weighted by atomic mass is 10.1. The molecule has 0 saturated carbocycles. The van der Waals surface area contributed by atoms with E-state index in [0.29, 0.717) is 12.3 Å². The molecule has 0 bridgehead atoms. The summed E-state index contributed by atoms with van der Waals surface area (Å²) in [5.74, 6) is -0.140. The number of benzene rings is 4. The Bertz CT molecular complexity index is 1680. The maximum Gasteiger partial charge on any atom is 0.294 e. The van der Waals surface area contributed by atoms with E-state index in [2.05, 4.69) is 80.8 Å². The van der Waals surface area contributed by atoms with E-state index in [1.54, 1.807) is 12.1 Å². The molecule has 5 rings (SSSR count). The van der Waals surface area contributed by atoms with Crippen LogP contribution in [0.3, 0.4) is 0 Å². The predicted molar refractivity (Wildman–Crippen MR) is 177 cm³/mol. The smallest absolute Gasteiger partial charge is 0.294 e. The van der Waals surface area contributed by atoms with Crippen LogP contribution in [0.25, 0.3) is 16.8 Å².